The van der Waals surface area contributed by atoms with Gasteiger partial charge in [-0.15, -0.1) is 0 Å². The zero-order valence-electron chi connectivity index (χ0n) is 8.25. The van der Waals surface area contributed by atoms with Crippen molar-refractivity contribution >= 4 is 5.97 Å². The Morgan fingerprint density at radius 1 is 1.62 bits per heavy atom. The zero-order chi connectivity index (χ0) is 9.68. The summed E-state index contributed by atoms with van der Waals surface area (Å²) >= 11 is 0. The monoisotopic (exact) mass is 185 g/mol. The molecule has 0 aromatic carbocycles. The number of rotatable bonds is 6. The Hall–Kier alpha value is -0.570. The highest BCUT2D eigenvalue weighted by atomic mass is 16.4. The fourth-order valence-corrected chi connectivity index (χ4v) is 1.58. The largest absolute Gasteiger partial charge is 0.481 e. The van der Waals surface area contributed by atoms with Crippen LogP contribution in [0.3, 0.4) is 0 Å². The molecule has 3 heteroatoms. The molecule has 1 aliphatic carbocycles. The van der Waals surface area contributed by atoms with Crippen molar-refractivity contribution in [2.75, 3.05) is 6.54 Å². The highest BCUT2D eigenvalue weighted by Gasteiger charge is 2.21. The molecule has 0 heterocycles. The second-order valence-corrected chi connectivity index (χ2v) is 3.86. The van der Waals surface area contributed by atoms with E-state index in [1.54, 1.807) is 0 Å². The number of carboxylic acids is 1. The molecule has 1 saturated carbocycles. The molecule has 1 unspecified atom stereocenters. The van der Waals surface area contributed by atoms with Crippen molar-refractivity contribution in [3.63, 3.8) is 0 Å². The van der Waals surface area contributed by atoms with E-state index in [0.717, 1.165) is 12.8 Å². The van der Waals surface area contributed by atoms with Gasteiger partial charge in [-0.3, -0.25) is 4.79 Å². The fourth-order valence-electron chi connectivity index (χ4n) is 1.58. The van der Waals surface area contributed by atoms with Crippen LogP contribution in [0.4, 0.5) is 0 Å². The SMILES string of the molecule is CCCC(CNC1CCC1)C(=O)O. The van der Waals surface area contributed by atoms with Gasteiger partial charge in [0.25, 0.3) is 0 Å². The van der Waals surface area contributed by atoms with E-state index in [-0.39, 0.29) is 5.92 Å². The Kier molecular flexibility index (Phi) is 4.22. The topological polar surface area (TPSA) is 49.3 Å². The van der Waals surface area contributed by atoms with Gasteiger partial charge in [-0.2, -0.15) is 0 Å². The Labute approximate surface area is 79.5 Å². The smallest absolute Gasteiger partial charge is 0.307 e. The zero-order valence-corrected chi connectivity index (χ0v) is 8.25. The summed E-state index contributed by atoms with van der Waals surface area (Å²) in [5.41, 5.74) is 0. The summed E-state index contributed by atoms with van der Waals surface area (Å²) in [6.45, 7) is 2.67. The fraction of sp³-hybridized carbons (Fsp3) is 0.900. The van der Waals surface area contributed by atoms with E-state index in [2.05, 4.69) is 5.32 Å². The quantitative estimate of drug-likeness (QED) is 0.661. The summed E-state index contributed by atoms with van der Waals surface area (Å²) in [4.78, 5) is 10.8. The predicted octanol–water partition coefficient (Wildman–Crippen LogP) is 1.63. The first-order valence-electron chi connectivity index (χ1n) is 5.20. The Bertz CT molecular complexity index is 166. The molecule has 0 aromatic heterocycles. The maximum absolute atomic E-state index is 10.8. The van der Waals surface area contributed by atoms with Crippen LogP contribution in [0.2, 0.25) is 0 Å². The Balaban J connectivity index is 2.16. The molecule has 3 nitrogen and oxygen atoms in total. The summed E-state index contributed by atoms with van der Waals surface area (Å²) in [5, 5.41) is 12.2. The number of aliphatic carboxylic acids is 1. The molecule has 0 aliphatic heterocycles. The van der Waals surface area contributed by atoms with Crippen LogP contribution in [0, 0.1) is 5.92 Å². The van der Waals surface area contributed by atoms with Crippen molar-refractivity contribution in [1.29, 1.82) is 0 Å². The number of carbonyl (C=O) groups is 1. The first-order chi connectivity index (χ1) is 6.24. The second-order valence-electron chi connectivity index (χ2n) is 3.86. The van der Waals surface area contributed by atoms with Crippen LogP contribution < -0.4 is 5.32 Å². The third kappa shape index (κ3) is 3.35. The minimum Gasteiger partial charge on any atom is -0.481 e. The molecule has 2 N–H and O–H groups in total. The lowest BCUT2D eigenvalue weighted by Crippen LogP contribution is -2.39. The van der Waals surface area contributed by atoms with Gasteiger partial charge >= 0.3 is 5.97 Å². The predicted molar refractivity (Wildman–Crippen MR) is 51.7 cm³/mol. The molecular formula is C10H19NO2. The molecule has 0 radical (unpaired) electrons. The lowest BCUT2D eigenvalue weighted by atomic mass is 9.92. The second kappa shape index (κ2) is 5.22. The molecule has 13 heavy (non-hydrogen) atoms. The van der Waals surface area contributed by atoms with E-state index in [0.29, 0.717) is 12.6 Å². The maximum Gasteiger partial charge on any atom is 0.307 e. The molecule has 0 amide bonds. The van der Waals surface area contributed by atoms with E-state index in [4.69, 9.17) is 5.11 Å². The van der Waals surface area contributed by atoms with Gasteiger partial charge in [-0.05, 0) is 19.3 Å². The third-order valence-electron chi connectivity index (χ3n) is 2.74. The lowest BCUT2D eigenvalue weighted by Gasteiger charge is -2.27. The van der Waals surface area contributed by atoms with Gasteiger partial charge in [-0.1, -0.05) is 19.8 Å². The van der Waals surface area contributed by atoms with Crippen LogP contribution in [0.5, 0.6) is 0 Å². The van der Waals surface area contributed by atoms with Crippen molar-refractivity contribution in [2.24, 2.45) is 5.92 Å². The Morgan fingerprint density at radius 3 is 2.69 bits per heavy atom. The summed E-state index contributed by atoms with van der Waals surface area (Å²) in [5.74, 6) is -0.848. The minimum atomic E-state index is -0.659. The van der Waals surface area contributed by atoms with Gasteiger partial charge in [0.2, 0.25) is 0 Å². The molecule has 0 saturated heterocycles. The molecular weight excluding hydrogens is 166 g/mol. The summed E-state index contributed by atoms with van der Waals surface area (Å²) in [7, 11) is 0. The number of hydrogen-bond acceptors (Lipinski definition) is 2. The van der Waals surface area contributed by atoms with Crippen LogP contribution in [0.15, 0.2) is 0 Å². The molecule has 1 fully saturated rings. The van der Waals surface area contributed by atoms with Crippen molar-refractivity contribution in [3.05, 3.63) is 0 Å². The first kappa shape index (κ1) is 10.5. The van der Waals surface area contributed by atoms with Crippen molar-refractivity contribution < 1.29 is 9.90 Å². The molecule has 0 aromatic rings. The van der Waals surface area contributed by atoms with Crippen molar-refractivity contribution in [1.82, 2.24) is 5.32 Å². The van der Waals surface area contributed by atoms with Crippen LogP contribution in [-0.2, 0) is 4.79 Å². The third-order valence-corrected chi connectivity index (χ3v) is 2.74. The van der Waals surface area contributed by atoms with Gasteiger partial charge in [0.1, 0.15) is 0 Å². The highest BCUT2D eigenvalue weighted by molar-refractivity contribution is 5.70. The van der Waals surface area contributed by atoms with Crippen molar-refractivity contribution in [3.8, 4) is 0 Å². The van der Waals surface area contributed by atoms with E-state index in [9.17, 15) is 4.79 Å². The van der Waals surface area contributed by atoms with Crippen LogP contribution in [0.1, 0.15) is 39.0 Å². The van der Waals surface area contributed by atoms with Gasteiger partial charge in [0.15, 0.2) is 0 Å². The Morgan fingerprint density at radius 2 is 2.31 bits per heavy atom. The molecule has 0 bridgehead atoms. The molecule has 76 valence electrons. The van der Waals surface area contributed by atoms with Crippen LogP contribution in [0.25, 0.3) is 0 Å². The van der Waals surface area contributed by atoms with E-state index in [1.807, 2.05) is 6.92 Å². The van der Waals surface area contributed by atoms with Gasteiger partial charge in [-0.25, -0.2) is 0 Å². The van der Waals surface area contributed by atoms with Crippen LogP contribution >= 0.6 is 0 Å². The van der Waals surface area contributed by atoms with Gasteiger partial charge in [0.05, 0.1) is 5.92 Å². The van der Waals surface area contributed by atoms with E-state index in [1.165, 1.54) is 19.3 Å². The molecule has 1 aliphatic rings. The normalized spacial score (nSPS) is 19.5. The van der Waals surface area contributed by atoms with E-state index < -0.39 is 5.97 Å². The number of hydrogen-bond donors (Lipinski definition) is 2. The summed E-state index contributed by atoms with van der Waals surface area (Å²) in [6, 6.07) is 0.596. The van der Waals surface area contributed by atoms with Crippen molar-refractivity contribution in [2.45, 2.75) is 45.1 Å². The molecule has 1 rings (SSSR count). The number of carboxylic acid groups (broad SMARTS) is 1. The van der Waals surface area contributed by atoms with E-state index >= 15 is 0 Å². The number of nitrogens with one attached hydrogen (secondary N) is 1. The van der Waals surface area contributed by atoms with Crippen LogP contribution in [-0.4, -0.2) is 23.7 Å². The summed E-state index contributed by atoms with van der Waals surface area (Å²) in [6.07, 6.45) is 5.47. The lowest BCUT2D eigenvalue weighted by molar-refractivity contribution is -0.141. The standard InChI is InChI=1S/C10H19NO2/c1-2-4-8(10(12)13)7-11-9-5-3-6-9/h8-9,11H,2-7H2,1H3,(H,12,13). The average molecular weight is 185 g/mol. The highest BCUT2D eigenvalue weighted by Crippen LogP contribution is 2.18. The van der Waals surface area contributed by atoms with Gasteiger partial charge in [0, 0.05) is 12.6 Å². The minimum absolute atomic E-state index is 0.189. The first-order valence-corrected chi connectivity index (χ1v) is 5.20. The summed E-state index contributed by atoms with van der Waals surface area (Å²) < 4.78 is 0. The average Bonchev–Trinajstić information content (AvgIpc) is 1.99. The molecule has 0 spiro atoms. The van der Waals surface area contributed by atoms with Gasteiger partial charge < -0.3 is 10.4 Å². The maximum atomic E-state index is 10.8. The molecule has 1 atom stereocenters.